The van der Waals surface area contributed by atoms with Crippen molar-refractivity contribution in [1.82, 2.24) is 0 Å². The number of carboxylic acid groups (broad SMARTS) is 1. The number of ketones is 2. The predicted octanol–water partition coefficient (Wildman–Crippen LogP) is 7.05. The molecule has 308 valence electrons. The number of carbonyl (C=O) groups is 6. The molecule has 0 aliphatic rings. The number of carbonyl (C=O) groups excluding carboxylic acids is 5. The lowest BCUT2D eigenvalue weighted by Gasteiger charge is -2.19. The number of aromatic carboxylic acids is 1. The molecule has 60 heavy (non-hydrogen) atoms. The number of Topliss-reactive ketones (excluding diaryl/α,β-unsaturated/α-hetero) is 2. The first-order valence-electron chi connectivity index (χ1n) is 18.7. The molecule has 14 nitrogen and oxygen atoms in total. The number of aliphatic hydroxyl groups is 1. The third-order valence-corrected chi connectivity index (χ3v) is 9.93. The Morgan fingerprint density at radius 3 is 1.75 bits per heavy atom. The van der Waals surface area contributed by atoms with Crippen LogP contribution in [-0.4, -0.2) is 66.9 Å². The Labute approximate surface area is 344 Å². The summed E-state index contributed by atoms with van der Waals surface area (Å²) in [4.78, 5) is 76.6. The summed E-state index contributed by atoms with van der Waals surface area (Å²) < 4.78 is 0. The van der Waals surface area contributed by atoms with Crippen molar-refractivity contribution < 1.29 is 54.3 Å². The van der Waals surface area contributed by atoms with Crippen LogP contribution in [0.4, 0.5) is 17.1 Å². The van der Waals surface area contributed by atoms with Crippen LogP contribution in [0, 0.1) is 19.8 Å². The molecule has 0 fully saturated rings. The molecule has 0 bridgehead atoms. The molecule has 0 radical (unpaired) electrons. The number of benzene rings is 5. The lowest BCUT2D eigenvalue weighted by Crippen LogP contribution is -2.33. The lowest BCUT2D eigenvalue weighted by molar-refractivity contribution is -0.122. The predicted molar refractivity (Wildman–Crippen MR) is 225 cm³/mol. The molecule has 0 aliphatic heterocycles. The standard InChI is InChI=1S/C46H43N3O11/c1-24(21-28-7-15-33(51)16-8-28)39(52)22-29-5-9-30(10-6-29)40(53)23-36(27(4)50)45(58)47-32-13-11-31(12-14-32)43(56)48-37-19-17-34(41(54)25(37)2)44(57)49-38-20-18-35(46(59)60)42(55)26(38)3/h5-21,27,36,50-51,54-55H,22-23H2,1-4H3,(H,47,58)(H,48,56)(H,49,57)(H,59,60)/b24-21+/t27-,36?/m1/s1. The van der Waals surface area contributed by atoms with E-state index in [0.717, 1.165) is 11.6 Å². The first kappa shape index (κ1) is 43.5. The number of hydrogen-bond donors (Lipinski definition) is 8. The minimum atomic E-state index is -1.34. The SMILES string of the molecule is C/C(=C\c1ccc(O)cc1)C(=O)Cc1ccc(C(=O)CC(C(=O)Nc2ccc(C(=O)Nc3ccc(C(=O)Nc4ccc(C(=O)O)c(O)c4C)c(O)c3C)cc2)[C@@H](C)O)cc1. The normalized spacial score (nSPS) is 12.2. The highest BCUT2D eigenvalue weighted by Gasteiger charge is 2.28. The van der Waals surface area contributed by atoms with E-state index in [0.29, 0.717) is 22.4 Å². The van der Waals surface area contributed by atoms with E-state index in [-0.39, 0.29) is 69.3 Å². The van der Waals surface area contributed by atoms with Crippen molar-refractivity contribution in [2.24, 2.45) is 5.92 Å². The van der Waals surface area contributed by atoms with E-state index in [2.05, 4.69) is 16.0 Å². The highest BCUT2D eigenvalue weighted by molar-refractivity contribution is 6.09. The summed E-state index contributed by atoms with van der Waals surface area (Å²) in [5.74, 6) is -5.68. The molecule has 1 unspecified atom stereocenters. The summed E-state index contributed by atoms with van der Waals surface area (Å²) >= 11 is 0. The largest absolute Gasteiger partial charge is 0.508 e. The zero-order chi connectivity index (χ0) is 43.8. The van der Waals surface area contributed by atoms with Crippen LogP contribution in [0.5, 0.6) is 17.2 Å². The molecule has 0 saturated carbocycles. The number of aliphatic hydroxyl groups excluding tert-OH is 1. The van der Waals surface area contributed by atoms with Crippen LogP contribution >= 0.6 is 0 Å². The fourth-order valence-corrected chi connectivity index (χ4v) is 6.19. The second kappa shape index (κ2) is 18.8. The molecule has 14 heteroatoms. The molecule has 8 N–H and O–H groups in total. The number of nitrogens with one attached hydrogen (secondary N) is 3. The molecule has 0 aliphatic carbocycles. The van der Waals surface area contributed by atoms with Gasteiger partial charge in [0.1, 0.15) is 22.8 Å². The van der Waals surface area contributed by atoms with E-state index in [4.69, 9.17) is 0 Å². The van der Waals surface area contributed by atoms with Crippen molar-refractivity contribution in [3.8, 4) is 17.2 Å². The Kier molecular flexibility index (Phi) is 13.6. The van der Waals surface area contributed by atoms with E-state index in [1.54, 1.807) is 49.4 Å². The summed E-state index contributed by atoms with van der Waals surface area (Å²) in [7, 11) is 0. The van der Waals surface area contributed by atoms with Crippen molar-refractivity contribution in [1.29, 1.82) is 0 Å². The van der Waals surface area contributed by atoms with Gasteiger partial charge < -0.3 is 41.5 Å². The van der Waals surface area contributed by atoms with Gasteiger partial charge in [-0.05, 0) is 111 Å². The maximum Gasteiger partial charge on any atom is 0.339 e. The van der Waals surface area contributed by atoms with Crippen molar-refractivity contribution >= 4 is 58.4 Å². The van der Waals surface area contributed by atoms with Gasteiger partial charge in [0.2, 0.25) is 5.91 Å². The third-order valence-electron chi connectivity index (χ3n) is 9.93. The van der Waals surface area contributed by atoms with Crippen molar-refractivity contribution in [2.45, 2.75) is 46.6 Å². The molecular formula is C46H43N3O11. The van der Waals surface area contributed by atoms with E-state index in [1.165, 1.54) is 75.4 Å². The lowest BCUT2D eigenvalue weighted by atomic mass is 9.92. The number of hydrogen-bond acceptors (Lipinski definition) is 10. The molecule has 3 amide bonds. The van der Waals surface area contributed by atoms with Crippen molar-refractivity contribution in [2.75, 3.05) is 16.0 Å². The highest BCUT2D eigenvalue weighted by atomic mass is 16.4. The average Bonchev–Trinajstić information content (AvgIpc) is 3.21. The van der Waals surface area contributed by atoms with Gasteiger partial charge in [0.05, 0.1) is 17.6 Å². The average molecular weight is 814 g/mol. The van der Waals surface area contributed by atoms with Gasteiger partial charge in [-0.15, -0.1) is 0 Å². The second-order valence-corrected chi connectivity index (χ2v) is 14.2. The third kappa shape index (κ3) is 10.5. The first-order valence-corrected chi connectivity index (χ1v) is 18.7. The monoisotopic (exact) mass is 813 g/mol. The summed E-state index contributed by atoms with van der Waals surface area (Å²) in [6.07, 6.45) is 0.348. The van der Waals surface area contributed by atoms with Gasteiger partial charge in [-0.1, -0.05) is 36.4 Å². The van der Waals surface area contributed by atoms with Gasteiger partial charge in [0.15, 0.2) is 11.6 Å². The summed E-state index contributed by atoms with van der Waals surface area (Å²) in [5, 5.41) is 58.0. The quantitative estimate of drug-likeness (QED) is 0.0394. The molecular weight excluding hydrogens is 771 g/mol. The zero-order valence-electron chi connectivity index (χ0n) is 33.1. The van der Waals surface area contributed by atoms with E-state index in [9.17, 15) is 54.3 Å². The molecule has 0 aromatic heterocycles. The molecule has 5 rings (SSSR count). The van der Waals surface area contributed by atoms with Crippen LogP contribution in [0.1, 0.15) is 84.0 Å². The molecule has 2 atom stereocenters. The zero-order valence-corrected chi connectivity index (χ0v) is 33.1. The molecule has 0 spiro atoms. The molecule has 0 saturated heterocycles. The van der Waals surface area contributed by atoms with Crippen LogP contribution in [0.3, 0.4) is 0 Å². The second-order valence-electron chi connectivity index (χ2n) is 14.2. The minimum Gasteiger partial charge on any atom is -0.508 e. The van der Waals surface area contributed by atoms with Crippen LogP contribution in [0.2, 0.25) is 0 Å². The number of anilines is 3. The van der Waals surface area contributed by atoms with Gasteiger partial charge in [-0.2, -0.15) is 0 Å². The van der Waals surface area contributed by atoms with Crippen molar-refractivity contribution in [3.05, 3.63) is 147 Å². The van der Waals surface area contributed by atoms with E-state index >= 15 is 0 Å². The first-order chi connectivity index (χ1) is 28.4. The van der Waals surface area contributed by atoms with Crippen LogP contribution in [0.15, 0.2) is 103 Å². The molecule has 5 aromatic rings. The Hall–Kier alpha value is -7.58. The smallest absolute Gasteiger partial charge is 0.339 e. The van der Waals surface area contributed by atoms with Gasteiger partial charge in [0, 0.05) is 52.2 Å². The number of aromatic hydroxyl groups is 3. The van der Waals surface area contributed by atoms with Crippen LogP contribution < -0.4 is 16.0 Å². The van der Waals surface area contributed by atoms with E-state index in [1.807, 2.05) is 0 Å². The number of phenolic OH excluding ortho intramolecular Hbond substituents is 2. The van der Waals surface area contributed by atoms with E-state index < -0.39 is 47.2 Å². The maximum absolute atomic E-state index is 13.2. The minimum absolute atomic E-state index is 0.106. The summed E-state index contributed by atoms with van der Waals surface area (Å²) in [6, 6.07) is 23.9. The van der Waals surface area contributed by atoms with Gasteiger partial charge in [0.25, 0.3) is 11.8 Å². The number of allylic oxidation sites excluding steroid dienone is 1. The topological polar surface area (TPSA) is 240 Å². The molecule has 5 aromatic carbocycles. The Bertz CT molecular complexity index is 2510. The highest BCUT2D eigenvalue weighted by Crippen LogP contribution is 2.33. The van der Waals surface area contributed by atoms with Crippen molar-refractivity contribution in [3.63, 3.8) is 0 Å². The Morgan fingerprint density at radius 1 is 0.650 bits per heavy atom. The fourth-order valence-electron chi connectivity index (χ4n) is 6.19. The summed E-state index contributed by atoms with van der Waals surface area (Å²) in [6.45, 7) is 6.02. The van der Waals surface area contributed by atoms with Crippen LogP contribution in [-0.2, 0) is 16.0 Å². The number of rotatable bonds is 15. The maximum atomic E-state index is 13.2. The number of carboxylic acids is 1. The van der Waals surface area contributed by atoms with Gasteiger partial charge in [-0.25, -0.2) is 4.79 Å². The van der Waals surface area contributed by atoms with Gasteiger partial charge >= 0.3 is 5.97 Å². The Morgan fingerprint density at radius 2 is 1.18 bits per heavy atom. The van der Waals surface area contributed by atoms with Gasteiger partial charge in [-0.3, -0.25) is 24.0 Å². The fraction of sp³-hybridized carbons (Fsp3) is 0.174. The van der Waals surface area contributed by atoms with Crippen LogP contribution in [0.25, 0.3) is 6.08 Å². The number of amides is 3. The Balaban J connectivity index is 1.16. The molecule has 0 heterocycles. The summed E-state index contributed by atoms with van der Waals surface area (Å²) in [5.41, 5.74) is 2.92. The number of phenols is 3.